The highest BCUT2D eigenvalue weighted by Gasteiger charge is 2.50. The summed E-state index contributed by atoms with van der Waals surface area (Å²) in [4.78, 5) is 21.3. The maximum atomic E-state index is 11.0. The van der Waals surface area contributed by atoms with Gasteiger partial charge in [0, 0.05) is 37.3 Å². The van der Waals surface area contributed by atoms with Crippen LogP contribution in [0.15, 0.2) is 192 Å². The van der Waals surface area contributed by atoms with E-state index in [9.17, 15) is 5.26 Å². The molecule has 0 amide bonds. The van der Waals surface area contributed by atoms with Crippen molar-refractivity contribution in [2.75, 3.05) is 0 Å². The van der Waals surface area contributed by atoms with Crippen LogP contribution < -0.4 is 0 Å². The Morgan fingerprint density at radius 1 is 0.541 bits per heavy atom. The molecule has 1 spiro atoms. The molecule has 10 aromatic rings. The standard InChI is InChI=1S/C54H30N6S/c1-56-43-31-46(35(32-55)30-38(43)53-58-51(33-16-4-2-5-17-33)57-52(59-53)34-18-6-3-7-19-34)60-44-25-13-9-21-37(44)50-45(60)29-28-42-49(50)36-20-8-10-22-39(36)54(42)40-23-11-14-26-47(40)61-48-27-15-12-24-41(48)54/h2-31H. The van der Waals surface area contributed by atoms with Gasteiger partial charge >= 0.3 is 0 Å². The first kappa shape index (κ1) is 34.9. The molecule has 0 bridgehead atoms. The fourth-order valence-electron chi connectivity index (χ4n) is 9.71. The predicted octanol–water partition coefficient (Wildman–Crippen LogP) is 13.2. The highest BCUT2D eigenvalue weighted by Crippen LogP contribution is 2.63. The molecule has 12 rings (SSSR count). The lowest BCUT2D eigenvalue weighted by Crippen LogP contribution is -2.31. The minimum Gasteiger partial charge on any atom is -0.309 e. The molecule has 6 nitrogen and oxygen atoms in total. The third-order valence-electron chi connectivity index (χ3n) is 12.2. The second kappa shape index (κ2) is 13.5. The summed E-state index contributed by atoms with van der Waals surface area (Å²) in [5.41, 5.74) is 12.3. The van der Waals surface area contributed by atoms with E-state index in [4.69, 9.17) is 21.5 Å². The molecular formula is C54H30N6S. The molecule has 0 radical (unpaired) electrons. The van der Waals surface area contributed by atoms with E-state index in [1.807, 2.05) is 84.6 Å². The minimum absolute atomic E-state index is 0.329. The summed E-state index contributed by atoms with van der Waals surface area (Å²) in [6.45, 7) is 8.52. The molecule has 0 unspecified atom stereocenters. The number of aromatic nitrogens is 4. The number of hydrogen-bond acceptors (Lipinski definition) is 5. The average Bonchev–Trinajstić information content (AvgIpc) is 3.82. The molecule has 1 aliphatic heterocycles. The van der Waals surface area contributed by atoms with Crippen LogP contribution in [-0.2, 0) is 5.41 Å². The van der Waals surface area contributed by atoms with E-state index in [1.54, 1.807) is 6.07 Å². The van der Waals surface area contributed by atoms with E-state index in [2.05, 4.69) is 119 Å². The van der Waals surface area contributed by atoms with Crippen molar-refractivity contribution in [2.24, 2.45) is 0 Å². The van der Waals surface area contributed by atoms with Crippen molar-refractivity contribution in [2.45, 2.75) is 15.2 Å². The molecule has 2 aliphatic rings. The van der Waals surface area contributed by atoms with Crippen LogP contribution >= 0.6 is 11.8 Å². The van der Waals surface area contributed by atoms with Gasteiger partial charge in [-0.3, -0.25) is 0 Å². The van der Waals surface area contributed by atoms with E-state index < -0.39 is 5.41 Å². The third-order valence-corrected chi connectivity index (χ3v) is 13.3. The highest BCUT2D eigenvalue weighted by atomic mass is 32.2. The van der Waals surface area contributed by atoms with Gasteiger partial charge < -0.3 is 4.57 Å². The zero-order chi connectivity index (χ0) is 40.7. The summed E-state index contributed by atoms with van der Waals surface area (Å²) in [6, 6.07) is 65.0. The van der Waals surface area contributed by atoms with E-state index in [0.717, 1.165) is 32.9 Å². The zero-order valence-electron chi connectivity index (χ0n) is 32.4. The number of benzene rings is 8. The van der Waals surface area contributed by atoms with Crippen molar-refractivity contribution < 1.29 is 0 Å². The van der Waals surface area contributed by atoms with Crippen LogP contribution in [0.4, 0.5) is 5.69 Å². The largest absolute Gasteiger partial charge is 0.309 e. The van der Waals surface area contributed by atoms with Crippen LogP contribution in [0.3, 0.4) is 0 Å². The molecule has 1 aliphatic carbocycles. The number of para-hydroxylation sites is 1. The predicted molar refractivity (Wildman–Crippen MR) is 243 cm³/mol. The summed E-state index contributed by atoms with van der Waals surface area (Å²) in [6.07, 6.45) is 0. The Morgan fingerprint density at radius 3 is 1.77 bits per heavy atom. The highest BCUT2D eigenvalue weighted by molar-refractivity contribution is 7.99. The molecule has 3 heterocycles. The van der Waals surface area contributed by atoms with Crippen molar-refractivity contribution in [3.05, 3.63) is 221 Å². The fraction of sp³-hybridized carbons (Fsp3) is 0.0185. The summed E-state index contributed by atoms with van der Waals surface area (Å²) in [5.74, 6) is 1.30. The Hall–Kier alpha value is -8.10. The summed E-state index contributed by atoms with van der Waals surface area (Å²) in [5, 5.41) is 13.2. The number of fused-ring (bicyclic) bond motifs is 13. The smallest absolute Gasteiger partial charge is 0.200 e. The number of nitrogens with zero attached hydrogens (tertiary/aromatic N) is 6. The molecule has 0 saturated heterocycles. The van der Waals surface area contributed by atoms with E-state index in [0.29, 0.717) is 40.0 Å². The molecule has 61 heavy (non-hydrogen) atoms. The van der Waals surface area contributed by atoms with E-state index >= 15 is 0 Å². The lowest BCUT2D eigenvalue weighted by molar-refractivity contribution is 0.723. The third kappa shape index (κ3) is 4.99. The summed E-state index contributed by atoms with van der Waals surface area (Å²) >= 11 is 1.83. The second-order valence-electron chi connectivity index (χ2n) is 15.3. The summed E-state index contributed by atoms with van der Waals surface area (Å²) < 4.78 is 2.16. The molecule has 7 heteroatoms. The van der Waals surface area contributed by atoms with Crippen molar-refractivity contribution in [3.8, 4) is 57.0 Å². The van der Waals surface area contributed by atoms with Crippen LogP contribution in [0.25, 0.3) is 77.6 Å². The van der Waals surface area contributed by atoms with Crippen molar-refractivity contribution in [1.82, 2.24) is 19.5 Å². The Morgan fingerprint density at radius 2 is 1.11 bits per heavy atom. The molecule has 0 fully saturated rings. The minimum atomic E-state index is -0.528. The number of nitriles is 1. The van der Waals surface area contributed by atoms with Gasteiger partial charge in [0.25, 0.3) is 0 Å². The first-order valence-electron chi connectivity index (χ1n) is 20.0. The van der Waals surface area contributed by atoms with Gasteiger partial charge in [0.05, 0.1) is 34.3 Å². The van der Waals surface area contributed by atoms with Gasteiger partial charge in [0.1, 0.15) is 6.07 Å². The lowest BCUT2D eigenvalue weighted by Gasteiger charge is -2.39. The van der Waals surface area contributed by atoms with E-state index in [-0.39, 0.29) is 0 Å². The first-order chi connectivity index (χ1) is 30.2. The molecule has 0 atom stereocenters. The molecule has 282 valence electrons. The zero-order valence-corrected chi connectivity index (χ0v) is 33.2. The first-order valence-corrected chi connectivity index (χ1v) is 20.9. The number of rotatable bonds is 4. The van der Waals surface area contributed by atoms with Gasteiger partial charge in [0.2, 0.25) is 0 Å². The summed E-state index contributed by atoms with van der Waals surface area (Å²) in [7, 11) is 0. The number of hydrogen-bond donors (Lipinski definition) is 0. The van der Waals surface area contributed by atoms with Gasteiger partial charge in [-0.05, 0) is 69.8 Å². The van der Waals surface area contributed by atoms with Gasteiger partial charge in [0.15, 0.2) is 23.2 Å². The van der Waals surface area contributed by atoms with Gasteiger partial charge in [-0.2, -0.15) is 5.26 Å². The Balaban J connectivity index is 1.13. The normalized spacial score (nSPS) is 13.0. The van der Waals surface area contributed by atoms with Gasteiger partial charge in [-0.25, -0.2) is 19.8 Å². The van der Waals surface area contributed by atoms with Crippen LogP contribution in [0.1, 0.15) is 27.8 Å². The van der Waals surface area contributed by atoms with Crippen molar-refractivity contribution >= 4 is 39.3 Å². The van der Waals surface area contributed by atoms with Gasteiger partial charge in [-0.15, -0.1) is 0 Å². The van der Waals surface area contributed by atoms with E-state index in [1.165, 1.54) is 43.2 Å². The molecule has 2 aromatic heterocycles. The van der Waals surface area contributed by atoms with Crippen LogP contribution in [0.2, 0.25) is 0 Å². The van der Waals surface area contributed by atoms with Crippen molar-refractivity contribution in [3.63, 3.8) is 0 Å². The topological polar surface area (TPSA) is 71.8 Å². The van der Waals surface area contributed by atoms with Crippen LogP contribution in [0, 0.1) is 17.9 Å². The Labute approximate surface area is 355 Å². The fourth-order valence-corrected chi connectivity index (χ4v) is 10.9. The van der Waals surface area contributed by atoms with Crippen molar-refractivity contribution in [1.29, 1.82) is 5.26 Å². The lowest BCUT2D eigenvalue weighted by atomic mass is 9.67. The monoisotopic (exact) mass is 794 g/mol. The Bertz CT molecular complexity index is 3440. The molecule has 0 saturated carbocycles. The Kier molecular flexibility index (Phi) is 7.71. The second-order valence-corrected chi connectivity index (χ2v) is 16.4. The quantitative estimate of drug-likeness (QED) is 0.166. The SMILES string of the molecule is [C-]#[N+]c1cc(-n2c3ccccc3c3c4c(ccc32)C2(c3ccccc3Sc3ccccc32)c2ccccc2-4)c(C#N)cc1-c1nc(-c2ccccc2)nc(-c2ccccc2)n1. The average molecular weight is 795 g/mol. The van der Waals surface area contributed by atoms with Gasteiger partial charge in [-0.1, -0.05) is 157 Å². The molecule has 8 aromatic carbocycles. The van der Waals surface area contributed by atoms with Crippen LogP contribution in [-0.4, -0.2) is 19.5 Å². The maximum Gasteiger partial charge on any atom is 0.200 e. The molecule has 0 N–H and O–H groups in total. The van der Waals surface area contributed by atoms with Crippen LogP contribution in [0.5, 0.6) is 0 Å². The maximum absolute atomic E-state index is 11.0. The molecular weight excluding hydrogens is 765 g/mol.